The molecular weight excluding hydrogens is 398 g/mol. The van der Waals surface area contributed by atoms with E-state index in [0.29, 0.717) is 13.1 Å². The summed E-state index contributed by atoms with van der Waals surface area (Å²) < 4.78 is 2.19. The van der Waals surface area contributed by atoms with Crippen molar-refractivity contribution in [1.29, 1.82) is 0 Å². The van der Waals surface area contributed by atoms with Crippen LogP contribution in [0, 0.1) is 6.92 Å². The second kappa shape index (κ2) is 11.8. The van der Waals surface area contributed by atoms with E-state index in [-0.39, 0.29) is 30.3 Å². The third-order valence-electron chi connectivity index (χ3n) is 5.21. The molecule has 0 atom stereocenters. The Hall–Kier alpha value is -2.27. The quantitative estimate of drug-likeness (QED) is 0.493. The summed E-state index contributed by atoms with van der Waals surface area (Å²) in [6, 6.07) is 12.5. The summed E-state index contributed by atoms with van der Waals surface area (Å²) in [6.45, 7) is 10.0. The largest absolute Gasteiger partial charge is 0.345 e. The van der Waals surface area contributed by atoms with Crippen LogP contribution in [0.5, 0.6) is 0 Å². The molecule has 2 rings (SSSR count). The van der Waals surface area contributed by atoms with Crippen molar-refractivity contribution in [3.8, 4) is 0 Å². The van der Waals surface area contributed by atoms with Crippen LogP contribution in [0.4, 0.5) is 0 Å². The Morgan fingerprint density at radius 2 is 1.90 bits per heavy atom. The fourth-order valence-electron chi connectivity index (χ4n) is 3.47. The third kappa shape index (κ3) is 6.91. The molecule has 30 heavy (non-hydrogen) atoms. The molecule has 2 aromatic rings. The van der Waals surface area contributed by atoms with E-state index in [1.54, 1.807) is 4.90 Å². The highest BCUT2D eigenvalue weighted by Gasteiger charge is 2.23. The van der Waals surface area contributed by atoms with Gasteiger partial charge in [-0.3, -0.25) is 9.59 Å². The zero-order chi connectivity index (χ0) is 22.1. The average Bonchev–Trinajstić information content (AvgIpc) is 3.14. The molecule has 164 valence electrons. The third-order valence-corrected chi connectivity index (χ3v) is 5.44. The molecule has 0 unspecified atom stereocenters. The van der Waals surface area contributed by atoms with Crippen molar-refractivity contribution in [3.63, 3.8) is 0 Å². The van der Waals surface area contributed by atoms with Gasteiger partial charge < -0.3 is 14.4 Å². The lowest BCUT2D eigenvalue weighted by Crippen LogP contribution is -2.46. The molecule has 0 aliphatic rings. The van der Waals surface area contributed by atoms with E-state index >= 15 is 0 Å². The maximum absolute atomic E-state index is 13.1. The molecule has 0 spiro atoms. The SMILES string of the molecule is CCCCN(Cc1cccn1Cc1cccc(C)c1)C(=O)CN(C(=O)CCl)C(C)C. The maximum atomic E-state index is 13.1. The lowest BCUT2D eigenvalue weighted by atomic mass is 10.1. The summed E-state index contributed by atoms with van der Waals surface area (Å²) in [5.74, 6) is -0.364. The minimum atomic E-state index is -0.210. The van der Waals surface area contributed by atoms with Crippen LogP contribution < -0.4 is 0 Å². The van der Waals surface area contributed by atoms with E-state index in [9.17, 15) is 9.59 Å². The molecule has 0 bridgehead atoms. The van der Waals surface area contributed by atoms with Crippen LogP contribution in [0.1, 0.15) is 50.4 Å². The molecule has 0 fully saturated rings. The highest BCUT2D eigenvalue weighted by Crippen LogP contribution is 2.13. The Balaban J connectivity index is 2.15. The number of amides is 2. The Morgan fingerprint density at radius 1 is 1.13 bits per heavy atom. The van der Waals surface area contributed by atoms with Crippen molar-refractivity contribution in [2.45, 2.75) is 59.7 Å². The number of aryl methyl sites for hydroxylation is 1. The van der Waals surface area contributed by atoms with Gasteiger partial charge in [0.15, 0.2) is 0 Å². The number of rotatable bonds is 11. The minimum absolute atomic E-state index is 0.0427. The standard InChI is InChI=1S/C24H34ClN3O2/c1-5-6-12-27(24(30)18-28(19(2)3)23(29)15-25)17-22-11-8-13-26(22)16-21-10-7-9-20(4)14-21/h7-11,13-14,19H,5-6,12,15-18H2,1-4H3. The van der Waals surface area contributed by atoms with Crippen LogP contribution in [0.3, 0.4) is 0 Å². The van der Waals surface area contributed by atoms with Crippen molar-refractivity contribution >= 4 is 23.4 Å². The number of halogens is 1. The molecule has 6 heteroatoms. The summed E-state index contributed by atoms with van der Waals surface area (Å²) in [7, 11) is 0. The molecule has 0 N–H and O–H groups in total. The van der Waals surface area contributed by atoms with Gasteiger partial charge in [-0.05, 0) is 44.9 Å². The number of hydrogen-bond acceptors (Lipinski definition) is 2. The van der Waals surface area contributed by atoms with Gasteiger partial charge in [-0.15, -0.1) is 11.6 Å². The Morgan fingerprint density at radius 3 is 2.53 bits per heavy atom. The Bertz CT molecular complexity index is 831. The molecule has 1 aromatic carbocycles. The maximum Gasteiger partial charge on any atom is 0.242 e. The molecule has 0 aliphatic carbocycles. The number of carbonyl (C=O) groups excluding carboxylic acids is 2. The van der Waals surface area contributed by atoms with Crippen LogP contribution in [-0.4, -0.2) is 51.2 Å². The second-order valence-corrected chi connectivity index (χ2v) is 8.30. The number of alkyl halides is 1. The van der Waals surface area contributed by atoms with Crippen LogP contribution in [0.2, 0.25) is 0 Å². The number of nitrogens with zero attached hydrogens (tertiary/aromatic N) is 3. The lowest BCUT2D eigenvalue weighted by Gasteiger charge is -2.30. The number of hydrogen-bond donors (Lipinski definition) is 0. The first kappa shape index (κ1) is 24.0. The van der Waals surface area contributed by atoms with Gasteiger partial charge in [0, 0.05) is 31.0 Å². The normalized spacial score (nSPS) is 11.0. The number of carbonyl (C=O) groups is 2. The fourth-order valence-corrected chi connectivity index (χ4v) is 3.63. The molecule has 1 heterocycles. The van der Waals surface area contributed by atoms with Gasteiger partial charge in [0.2, 0.25) is 11.8 Å². The van der Waals surface area contributed by atoms with Crippen molar-refractivity contribution in [3.05, 3.63) is 59.4 Å². The van der Waals surface area contributed by atoms with E-state index in [1.165, 1.54) is 11.1 Å². The Labute approximate surface area is 185 Å². The first-order valence-corrected chi connectivity index (χ1v) is 11.2. The topological polar surface area (TPSA) is 45.6 Å². The van der Waals surface area contributed by atoms with Gasteiger partial charge in [-0.2, -0.15) is 0 Å². The molecule has 0 saturated carbocycles. The predicted octanol–water partition coefficient (Wildman–Crippen LogP) is 4.45. The Kier molecular flexibility index (Phi) is 9.44. The van der Waals surface area contributed by atoms with Crippen molar-refractivity contribution < 1.29 is 9.59 Å². The summed E-state index contributed by atoms with van der Waals surface area (Å²) in [5.41, 5.74) is 3.55. The molecule has 1 aromatic heterocycles. The van der Waals surface area contributed by atoms with E-state index < -0.39 is 0 Å². The van der Waals surface area contributed by atoms with Gasteiger partial charge in [-0.1, -0.05) is 43.2 Å². The van der Waals surface area contributed by atoms with Gasteiger partial charge in [0.25, 0.3) is 0 Å². The van der Waals surface area contributed by atoms with Crippen molar-refractivity contribution in [2.24, 2.45) is 0 Å². The minimum Gasteiger partial charge on any atom is -0.345 e. The predicted molar refractivity (Wildman–Crippen MR) is 123 cm³/mol. The smallest absolute Gasteiger partial charge is 0.242 e. The van der Waals surface area contributed by atoms with Crippen LogP contribution in [0.25, 0.3) is 0 Å². The number of unbranched alkanes of at least 4 members (excludes halogenated alkanes) is 1. The van der Waals surface area contributed by atoms with Crippen LogP contribution in [-0.2, 0) is 22.7 Å². The van der Waals surface area contributed by atoms with Crippen molar-refractivity contribution in [1.82, 2.24) is 14.4 Å². The second-order valence-electron chi connectivity index (χ2n) is 8.03. The number of benzene rings is 1. The summed E-state index contributed by atoms with van der Waals surface area (Å²) in [5, 5.41) is 0. The van der Waals surface area contributed by atoms with Crippen LogP contribution >= 0.6 is 11.6 Å². The molecule has 0 aliphatic heterocycles. The van der Waals surface area contributed by atoms with E-state index in [1.807, 2.05) is 24.8 Å². The van der Waals surface area contributed by atoms with E-state index in [4.69, 9.17) is 11.6 Å². The number of aromatic nitrogens is 1. The van der Waals surface area contributed by atoms with Gasteiger partial charge in [-0.25, -0.2) is 0 Å². The summed E-state index contributed by atoms with van der Waals surface area (Å²) in [4.78, 5) is 28.7. The van der Waals surface area contributed by atoms with Crippen molar-refractivity contribution in [2.75, 3.05) is 19.0 Å². The molecule has 0 saturated heterocycles. The lowest BCUT2D eigenvalue weighted by molar-refractivity contribution is -0.141. The fraction of sp³-hybridized carbons (Fsp3) is 0.500. The van der Waals surface area contributed by atoms with Gasteiger partial charge in [0.05, 0.1) is 6.54 Å². The first-order valence-electron chi connectivity index (χ1n) is 10.7. The highest BCUT2D eigenvalue weighted by atomic mass is 35.5. The first-order chi connectivity index (χ1) is 14.3. The van der Waals surface area contributed by atoms with Gasteiger partial charge >= 0.3 is 0 Å². The van der Waals surface area contributed by atoms with E-state index in [0.717, 1.165) is 25.1 Å². The molecular formula is C24H34ClN3O2. The van der Waals surface area contributed by atoms with E-state index in [2.05, 4.69) is 54.9 Å². The monoisotopic (exact) mass is 431 g/mol. The zero-order valence-corrected chi connectivity index (χ0v) is 19.4. The van der Waals surface area contributed by atoms with Gasteiger partial charge in [0.1, 0.15) is 12.4 Å². The van der Waals surface area contributed by atoms with Crippen LogP contribution in [0.15, 0.2) is 42.6 Å². The molecule has 0 radical (unpaired) electrons. The summed E-state index contributed by atoms with van der Waals surface area (Å²) >= 11 is 5.74. The summed E-state index contributed by atoms with van der Waals surface area (Å²) in [6.07, 6.45) is 3.98. The average molecular weight is 432 g/mol. The molecule has 2 amide bonds. The zero-order valence-electron chi connectivity index (χ0n) is 18.6. The highest BCUT2D eigenvalue weighted by molar-refractivity contribution is 6.27. The molecule has 5 nitrogen and oxygen atoms in total.